The van der Waals surface area contributed by atoms with E-state index in [9.17, 15) is 4.79 Å². The van der Waals surface area contributed by atoms with Crippen molar-refractivity contribution in [1.82, 2.24) is 5.32 Å². The summed E-state index contributed by atoms with van der Waals surface area (Å²) in [7, 11) is 0. The first-order chi connectivity index (χ1) is 5.25. The molecule has 1 rings (SSSR count). The first-order valence-electron chi connectivity index (χ1n) is 3.86. The fraction of sp³-hybridized carbons (Fsp3) is 0.625. The Bertz CT molecular complexity index is 187. The number of esters is 1. The zero-order valence-electron chi connectivity index (χ0n) is 6.89. The third-order valence-electron chi connectivity index (χ3n) is 1.72. The van der Waals surface area contributed by atoms with Crippen LogP contribution in [0.2, 0.25) is 0 Å². The summed E-state index contributed by atoms with van der Waals surface area (Å²) in [6.07, 6.45) is 1.74. The molecule has 0 fully saturated rings. The largest absolute Gasteiger partial charge is 0.463 e. The monoisotopic (exact) mass is 155 g/mol. The Morgan fingerprint density at radius 2 is 2.64 bits per heavy atom. The van der Waals surface area contributed by atoms with E-state index in [-0.39, 0.29) is 11.9 Å². The van der Waals surface area contributed by atoms with Gasteiger partial charge in [-0.05, 0) is 6.92 Å². The first-order valence-corrected chi connectivity index (χ1v) is 3.86. The van der Waals surface area contributed by atoms with Crippen LogP contribution in [0.25, 0.3) is 0 Å². The van der Waals surface area contributed by atoms with Crippen molar-refractivity contribution in [2.75, 3.05) is 13.2 Å². The molecule has 11 heavy (non-hydrogen) atoms. The molecule has 0 saturated heterocycles. The Morgan fingerprint density at radius 3 is 3.09 bits per heavy atom. The second-order valence-corrected chi connectivity index (χ2v) is 2.63. The van der Waals surface area contributed by atoms with Gasteiger partial charge in [0.1, 0.15) is 0 Å². The standard InChI is InChI=1S/C8H13NO2/c1-3-11-8(10)7-5-9-4-6(7)2/h5-6,9H,3-4H2,1-2H3. The van der Waals surface area contributed by atoms with Gasteiger partial charge in [0.05, 0.1) is 12.2 Å². The summed E-state index contributed by atoms with van der Waals surface area (Å²) < 4.78 is 4.85. The van der Waals surface area contributed by atoms with Crippen molar-refractivity contribution in [3.05, 3.63) is 11.8 Å². The molecule has 0 aromatic carbocycles. The second-order valence-electron chi connectivity index (χ2n) is 2.63. The van der Waals surface area contributed by atoms with Gasteiger partial charge in [0, 0.05) is 18.7 Å². The topological polar surface area (TPSA) is 38.3 Å². The van der Waals surface area contributed by atoms with E-state index >= 15 is 0 Å². The summed E-state index contributed by atoms with van der Waals surface area (Å²) in [4.78, 5) is 11.1. The Hall–Kier alpha value is -0.990. The molecule has 1 unspecified atom stereocenters. The lowest BCUT2D eigenvalue weighted by Gasteiger charge is -2.05. The Balaban J connectivity index is 2.52. The molecule has 1 atom stereocenters. The summed E-state index contributed by atoms with van der Waals surface area (Å²) in [5.74, 6) is 0.0963. The van der Waals surface area contributed by atoms with Gasteiger partial charge >= 0.3 is 5.97 Å². The minimum Gasteiger partial charge on any atom is -0.463 e. The maximum Gasteiger partial charge on any atom is 0.335 e. The highest BCUT2D eigenvalue weighted by Crippen LogP contribution is 2.15. The number of hydrogen-bond acceptors (Lipinski definition) is 3. The van der Waals surface area contributed by atoms with Gasteiger partial charge in [0.25, 0.3) is 0 Å². The lowest BCUT2D eigenvalue weighted by atomic mass is 10.1. The van der Waals surface area contributed by atoms with Crippen LogP contribution in [0.15, 0.2) is 11.8 Å². The number of hydrogen-bond donors (Lipinski definition) is 1. The van der Waals surface area contributed by atoms with Crippen LogP contribution in [0.4, 0.5) is 0 Å². The SMILES string of the molecule is CCOC(=O)C1=CNCC1C. The summed E-state index contributed by atoms with van der Waals surface area (Å²) >= 11 is 0. The maximum absolute atomic E-state index is 11.1. The molecule has 0 amide bonds. The van der Waals surface area contributed by atoms with Crippen molar-refractivity contribution in [2.24, 2.45) is 5.92 Å². The van der Waals surface area contributed by atoms with Gasteiger partial charge in [0.15, 0.2) is 0 Å². The van der Waals surface area contributed by atoms with Gasteiger partial charge in [0.2, 0.25) is 0 Å². The molecule has 1 N–H and O–H groups in total. The minimum atomic E-state index is -0.190. The van der Waals surface area contributed by atoms with E-state index in [0.29, 0.717) is 6.61 Å². The lowest BCUT2D eigenvalue weighted by molar-refractivity contribution is -0.138. The van der Waals surface area contributed by atoms with Gasteiger partial charge in [-0.15, -0.1) is 0 Å². The zero-order valence-corrected chi connectivity index (χ0v) is 6.89. The van der Waals surface area contributed by atoms with Gasteiger partial charge in [-0.1, -0.05) is 6.92 Å². The second kappa shape index (κ2) is 3.42. The molecule has 3 heteroatoms. The third kappa shape index (κ3) is 1.73. The van der Waals surface area contributed by atoms with Crippen LogP contribution >= 0.6 is 0 Å². The minimum absolute atomic E-state index is 0.190. The zero-order chi connectivity index (χ0) is 8.27. The summed E-state index contributed by atoms with van der Waals surface area (Å²) in [5.41, 5.74) is 0.756. The average molecular weight is 155 g/mol. The molecule has 0 aromatic rings. The van der Waals surface area contributed by atoms with E-state index in [4.69, 9.17) is 4.74 Å². The molecule has 0 saturated carbocycles. The maximum atomic E-state index is 11.1. The van der Waals surface area contributed by atoms with Gasteiger partial charge in [-0.25, -0.2) is 4.79 Å². The van der Waals surface area contributed by atoms with Crippen molar-refractivity contribution in [3.63, 3.8) is 0 Å². The predicted molar refractivity (Wildman–Crippen MR) is 41.9 cm³/mol. The van der Waals surface area contributed by atoms with Gasteiger partial charge in [-0.3, -0.25) is 0 Å². The predicted octanol–water partition coefficient (Wildman–Crippen LogP) is 0.673. The fourth-order valence-electron chi connectivity index (χ4n) is 1.07. The number of ether oxygens (including phenoxy) is 1. The molecule has 1 aliphatic heterocycles. The average Bonchev–Trinajstić information content (AvgIpc) is 2.36. The quantitative estimate of drug-likeness (QED) is 0.596. The Labute approximate surface area is 66.4 Å². The van der Waals surface area contributed by atoms with Crippen LogP contribution < -0.4 is 5.32 Å². The Kier molecular flexibility index (Phi) is 2.52. The Morgan fingerprint density at radius 1 is 1.91 bits per heavy atom. The van der Waals surface area contributed by atoms with E-state index in [1.165, 1.54) is 0 Å². The molecule has 1 aliphatic rings. The molecule has 0 aromatic heterocycles. The third-order valence-corrected chi connectivity index (χ3v) is 1.72. The molecule has 0 bridgehead atoms. The fourth-order valence-corrected chi connectivity index (χ4v) is 1.07. The summed E-state index contributed by atoms with van der Waals surface area (Å²) in [6, 6.07) is 0. The lowest BCUT2D eigenvalue weighted by Crippen LogP contribution is -2.13. The molecule has 1 heterocycles. The van der Waals surface area contributed by atoms with E-state index < -0.39 is 0 Å². The highest BCUT2D eigenvalue weighted by Gasteiger charge is 2.21. The van der Waals surface area contributed by atoms with Crippen molar-refractivity contribution < 1.29 is 9.53 Å². The van der Waals surface area contributed by atoms with Crippen LogP contribution in [0.5, 0.6) is 0 Å². The van der Waals surface area contributed by atoms with Crippen LogP contribution in [0.3, 0.4) is 0 Å². The number of carbonyl (C=O) groups excluding carboxylic acids is 1. The van der Waals surface area contributed by atoms with E-state index in [2.05, 4.69) is 5.32 Å². The van der Waals surface area contributed by atoms with Crippen LogP contribution in [-0.4, -0.2) is 19.1 Å². The van der Waals surface area contributed by atoms with Gasteiger partial charge in [-0.2, -0.15) is 0 Å². The smallest absolute Gasteiger partial charge is 0.335 e. The highest BCUT2D eigenvalue weighted by atomic mass is 16.5. The van der Waals surface area contributed by atoms with Crippen molar-refractivity contribution in [3.8, 4) is 0 Å². The molecule has 3 nitrogen and oxygen atoms in total. The molecule has 0 radical (unpaired) electrons. The van der Waals surface area contributed by atoms with E-state index in [0.717, 1.165) is 12.1 Å². The van der Waals surface area contributed by atoms with E-state index in [1.54, 1.807) is 6.20 Å². The summed E-state index contributed by atoms with van der Waals surface area (Å²) in [6.45, 7) is 5.10. The molecular formula is C8H13NO2. The molecular weight excluding hydrogens is 142 g/mol. The van der Waals surface area contributed by atoms with Crippen LogP contribution in [0, 0.1) is 5.92 Å². The number of rotatable bonds is 2. The molecule has 62 valence electrons. The van der Waals surface area contributed by atoms with Crippen molar-refractivity contribution in [1.29, 1.82) is 0 Å². The van der Waals surface area contributed by atoms with E-state index in [1.807, 2.05) is 13.8 Å². The number of carbonyl (C=O) groups is 1. The molecule has 0 spiro atoms. The van der Waals surface area contributed by atoms with Crippen LogP contribution in [-0.2, 0) is 9.53 Å². The normalized spacial score (nSPS) is 22.4. The van der Waals surface area contributed by atoms with Crippen molar-refractivity contribution >= 4 is 5.97 Å². The van der Waals surface area contributed by atoms with Crippen LogP contribution in [0.1, 0.15) is 13.8 Å². The highest BCUT2D eigenvalue weighted by molar-refractivity contribution is 5.89. The van der Waals surface area contributed by atoms with Crippen molar-refractivity contribution in [2.45, 2.75) is 13.8 Å². The number of nitrogens with one attached hydrogen (secondary N) is 1. The molecule has 0 aliphatic carbocycles. The summed E-state index contributed by atoms with van der Waals surface area (Å²) in [5, 5.41) is 3.00. The van der Waals surface area contributed by atoms with Gasteiger partial charge < -0.3 is 10.1 Å². The first kappa shape index (κ1) is 8.11.